The molecule has 2 aromatic carbocycles. The van der Waals surface area contributed by atoms with E-state index in [1.807, 2.05) is 6.07 Å². The number of anilines is 1. The molecule has 4 nitrogen and oxygen atoms in total. The summed E-state index contributed by atoms with van der Waals surface area (Å²) < 4.78 is 5.24. The van der Waals surface area contributed by atoms with Gasteiger partial charge in [0.05, 0.1) is 11.6 Å². The van der Waals surface area contributed by atoms with E-state index in [2.05, 4.69) is 11.2 Å². The first-order valence-electron chi connectivity index (χ1n) is 6.21. The number of terminal acetylenes is 1. The lowest BCUT2D eigenvalue weighted by Gasteiger charge is -2.06. The van der Waals surface area contributed by atoms with Gasteiger partial charge in [-0.25, -0.2) is 0 Å². The van der Waals surface area contributed by atoms with Crippen LogP contribution < -0.4 is 10.1 Å². The maximum absolute atomic E-state index is 12.0. The average Bonchev–Trinajstić information content (AvgIpc) is 2.54. The molecule has 0 spiro atoms. The molecule has 0 saturated carbocycles. The molecule has 4 heteroatoms. The van der Waals surface area contributed by atoms with Crippen LogP contribution in [0.2, 0.25) is 0 Å². The monoisotopic (exact) mass is 276 g/mol. The lowest BCUT2D eigenvalue weighted by molar-refractivity contribution is 0.102. The van der Waals surface area contributed by atoms with Gasteiger partial charge in [-0.1, -0.05) is 5.92 Å². The van der Waals surface area contributed by atoms with Crippen LogP contribution in [0.3, 0.4) is 0 Å². The van der Waals surface area contributed by atoms with E-state index in [0.717, 1.165) is 0 Å². The van der Waals surface area contributed by atoms with E-state index in [1.165, 1.54) is 0 Å². The molecular formula is C17H12N2O2. The standard InChI is InChI=1S/C17H12N2O2/c1-2-11-21-16-9-5-14(6-10-16)17(20)19-15-7-3-13(12-18)4-8-15/h1,3-10H,11H2,(H,19,20). The Morgan fingerprint density at radius 2 is 1.81 bits per heavy atom. The van der Waals surface area contributed by atoms with Gasteiger partial charge in [0.25, 0.3) is 5.91 Å². The van der Waals surface area contributed by atoms with Gasteiger partial charge in [-0.15, -0.1) is 6.42 Å². The van der Waals surface area contributed by atoms with Crippen LogP contribution in [-0.2, 0) is 0 Å². The number of nitrogens with one attached hydrogen (secondary N) is 1. The van der Waals surface area contributed by atoms with E-state index in [0.29, 0.717) is 22.6 Å². The number of hydrogen-bond donors (Lipinski definition) is 1. The lowest BCUT2D eigenvalue weighted by Crippen LogP contribution is -2.11. The van der Waals surface area contributed by atoms with Crippen molar-refractivity contribution in [1.82, 2.24) is 0 Å². The number of hydrogen-bond acceptors (Lipinski definition) is 3. The Kier molecular flexibility index (Phi) is 4.58. The molecule has 0 aliphatic heterocycles. The quantitative estimate of drug-likeness (QED) is 0.873. The largest absolute Gasteiger partial charge is 0.481 e. The molecule has 0 saturated heterocycles. The van der Waals surface area contributed by atoms with Gasteiger partial charge in [0.2, 0.25) is 0 Å². The minimum atomic E-state index is -0.233. The van der Waals surface area contributed by atoms with Crippen LogP contribution in [0.25, 0.3) is 0 Å². The van der Waals surface area contributed by atoms with Gasteiger partial charge >= 0.3 is 0 Å². The van der Waals surface area contributed by atoms with Gasteiger partial charge in [-0.3, -0.25) is 4.79 Å². The highest BCUT2D eigenvalue weighted by atomic mass is 16.5. The van der Waals surface area contributed by atoms with Crippen LogP contribution in [0.15, 0.2) is 48.5 Å². The second-order valence-corrected chi connectivity index (χ2v) is 4.16. The Morgan fingerprint density at radius 1 is 1.14 bits per heavy atom. The van der Waals surface area contributed by atoms with E-state index in [4.69, 9.17) is 16.4 Å². The molecule has 0 heterocycles. The summed E-state index contributed by atoms with van der Waals surface area (Å²) in [6.07, 6.45) is 5.10. The molecule has 0 bridgehead atoms. The maximum Gasteiger partial charge on any atom is 0.255 e. The van der Waals surface area contributed by atoms with Gasteiger partial charge in [0.1, 0.15) is 12.4 Å². The molecule has 2 aromatic rings. The number of nitriles is 1. The third kappa shape index (κ3) is 3.86. The van der Waals surface area contributed by atoms with Crippen molar-refractivity contribution in [2.45, 2.75) is 0 Å². The van der Waals surface area contributed by atoms with Crippen molar-refractivity contribution < 1.29 is 9.53 Å². The van der Waals surface area contributed by atoms with Crippen LogP contribution in [0, 0.1) is 23.7 Å². The Labute approximate surface area is 123 Å². The van der Waals surface area contributed by atoms with Crippen molar-refractivity contribution in [3.05, 3.63) is 59.7 Å². The van der Waals surface area contributed by atoms with E-state index >= 15 is 0 Å². The van der Waals surface area contributed by atoms with E-state index in [1.54, 1.807) is 48.5 Å². The molecule has 1 amide bonds. The third-order valence-corrected chi connectivity index (χ3v) is 2.71. The van der Waals surface area contributed by atoms with Crippen LogP contribution >= 0.6 is 0 Å². The predicted molar refractivity (Wildman–Crippen MR) is 79.9 cm³/mol. The molecule has 0 aromatic heterocycles. The number of amides is 1. The average molecular weight is 276 g/mol. The molecular weight excluding hydrogens is 264 g/mol. The fraction of sp³-hybridized carbons (Fsp3) is 0.0588. The predicted octanol–water partition coefficient (Wildman–Crippen LogP) is 2.82. The fourth-order valence-electron chi connectivity index (χ4n) is 1.66. The Bertz CT molecular complexity index is 704. The summed E-state index contributed by atoms with van der Waals surface area (Å²) in [5.74, 6) is 2.75. The second kappa shape index (κ2) is 6.79. The highest BCUT2D eigenvalue weighted by Gasteiger charge is 2.06. The Morgan fingerprint density at radius 3 is 2.38 bits per heavy atom. The molecule has 2 rings (SSSR count). The zero-order valence-electron chi connectivity index (χ0n) is 11.2. The molecule has 21 heavy (non-hydrogen) atoms. The topological polar surface area (TPSA) is 62.1 Å². The van der Waals surface area contributed by atoms with Gasteiger partial charge < -0.3 is 10.1 Å². The first-order chi connectivity index (χ1) is 10.2. The Hall–Kier alpha value is -3.24. The van der Waals surface area contributed by atoms with Crippen molar-refractivity contribution in [1.29, 1.82) is 5.26 Å². The van der Waals surface area contributed by atoms with Crippen molar-refractivity contribution >= 4 is 11.6 Å². The molecule has 0 aliphatic rings. The van der Waals surface area contributed by atoms with Gasteiger partial charge in [-0.2, -0.15) is 5.26 Å². The summed E-state index contributed by atoms with van der Waals surface area (Å²) in [4.78, 5) is 12.0. The summed E-state index contributed by atoms with van der Waals surface area (Å²) in [6.45, 7) is 0.191. The van der Waals surface area contributed by atoms with Crippen LogP contribution in [0.4, 0.5) is 5.69 Å². The molecule has 0 atom stereocenters. The summed E-state index contributed by atoms with van der Waals surface area (Å²) in [7, 11) is 0. The zero-order valence-corrected chi connectivity index (χ0v) is 11.2. The molecule has 0 fully saturated rings. The minimum Gasteiger partial charge on any atom is -0.481 e. The molecule has 102 valence electrons. The van der Waals surface area contributed by atoms with Crippen LogP contribution in [0.1, 0.15) is 15.9 Å². The number of carbonyl (C=O) groups is 1. The van der Waals surface area contributed by atoms with Crippen LogP contribution in [-0.4, -0.2) is 12.5 Å². The SMILES string of the molecule is C#CCOc1ccc(C(=O)Nc2ccc(C#N)cc2)cc1. The van der Waals surface area contributed by atoms with Gasteiger partial charge in [0.15, 0.2) is 0 Å². The third-order valence-electron chi connectivity index (χ3n) is 2.71. The lowest BCUT2D eigenvalue weighted by atomic mass is 10.2. The number of rotatable bonds is 4. The summed E-state index contributed by atoms with van der Waals surface area (Å²) in [5.41, 5.74) is 1.68. The van der Waals surface area contributed by atoms with Crippen LogP contribution in [0.5, 0.6) is 5.75 Å². The second-order valence-electron chi connectivity index (χ2n) is 4.16. The molecule has 0 radical (unpaired) electrons. The first-order valence-corrected chi connectivity index (χ1v) is 6.21. The van der Waals surface area contributed by atoms with Crippen molar-refractivity contribution in [2.24, 2.45) is 0 Å². The highest BCUT2D eigenvalue weighted by molar-refractivity contribution is 6.04. The Balaban J connectivity index is 2.02. The van der Waals surface area contributed by atoms with Crippen molar-refractivity contribution in [2.75, 3.05) is 11.9 Å². The molecule has 0 aliphatic carbocycles. The zero-order chi connectivity index (χ0) is 15.1. The first kappa shape index (κ1) is 14.2. The fourth-order valence-corrected chi connectivity index (χ4v) is 1.66. The number of benzene rings is 2. The van der Waals surface area contributed by atoms with E-state index in [-0.39, 0.29) is 12.5 Å². The summed E-state index contributed by atoms with van der Waals surface area (Å²) in [6, 6.07) is 15.4. The number of ether oxygens (including phenoxy) is 1. The van der Waals surface area contributed by atoms with Crippen molar-refractivity contribution in [3.8, 4) is 24.2 Å². The summed E-state index contributed by atoms with van der Waals surface area (Å²) in [5, 5.41) is 11.5. The van der Waals surface area contributed by atoms with E-state index < -0.39 is 0 Å². The molecule has 1 N–H and O–H groups in total. The van der Waals surface area contributed by atoms with Gasteiger partial charge in [-0.05, 0) is 48.5 Å². The summed E-state index contributed by atoms with van der Waals surface area (Å²) >= 11 is 0. The smallest absolute Gasteiger partial charge is 0.255 e. The van der Waals surface area contributed by atoms with Gasteiger partial charge in [0, 0.05) is 11.3 Å². The number of nitrogens with zero attached hydrogens (tertiary/aromatic N) is 1. The van der Waals surface area contributed by atoms with Crippen molar-refractivity contribution in [3.63, 3.8) is 0 Å². The minimum absolute atomic E-state index is 0.191. The normalized spacial score (nSPS) is 9.24. The molecule has 0 unspecified atom stereocenters. The maximum atomic E-state index is 12.0. The number of carbonyl (C=O) groups excluding carboxylic acids is 1. The van der Waals surface area contributed by atoms with E-state index in [9.17, 15) is 4.79 Å². The highest BCUT2D eigenvalue weighted by Crippen LogP contribution is 2.14.